The number of nitrogens with one attached hydrogen (secondary N) is 1. The third-order valence-corrected chi connectivity index (χ3v) is 4.50. The van der Waals surface area contributed by atoms with Crippen LogP contribution in [-0.2, 0) is 0 Å². The molecule has 0 aliphatic carbocycles. The molecule has 0 aromatic heterocycles. The normalized spacial score (nSPS) is 17.2. The lowest BCUT2D eigenvalue weighted by molar-refractivity contribution is 0.198. The lowest BCUT2D eigenvalue weighted by Gasteiger charge is -2.34. The Morgan fingerprint density at radius 2 is 2.00 bits per heavy atom. The molecule has 0 spiro atoms. The molecule has 1 heterocycles. The zero-order valence-electron chi connectivity index (χ0n) is 13.6. The molecule has 118 valence electrons. The molecule has 1 aliphatic rings. The average molecular weight is 355 g/mol. The largest absolute Gasteiger partial charge is 0.495 e. The fraction of sp³-hybridized carbons (Fsp3) is 0.647. The number of anilines is 1. The van der Waals surface area contributed by atoms with Gasteiger partial charge in [-0.1, -0.05) is 29.8 Å². The molecular formula is C17H27BrN2O. The predicted molar refractivity (Wildman–Crippen MR) is 93.4 cm³/mol. The van der Waals surface area contributed by atoms with Crippen molar-refractivity contribution in [1.82, 2.24) is 4.90 Å². The van der Waals surface area contributed by atoms with Gasteiger partial charge in [0.25, 0.3) is 0 Å². The van der Waals surface area contributed by atoms with Gasteiger partial charge in [-0.05, 0) is 43.4 Å². The van der Waals surface area contributed by atoms with Crippen molar-refractivity contribution in [2.75, 3.05) is 32.1 Å². The molecule has 0 radical (unpaired) electrons. The van der Waals surface area contributed by atoms with E-state index >= 15 is 0 Å². The van der Waals surface area contributed by atoms with E-state index in [2.05, 4.69) is 53.0 Å². The smallest absolute Gasteiger partial charge is 0.143 e. The number of ether oxygens (including phenoxy) is 1. The third-order valence-electron chi connectivity index (χ3n) is 4.04. The van der Waals surface area contributed by atoms with Gasteiger partial charge in [0.05, 0.1) is 12.8 Å². The Labute approximate surface area is 137 Å². The average Bonchev–Trinajstić information content (AvgIpc) is 2.42. The summed E-state index contributed by atoms with van der Waals surface area (Å²) >= 11 is 3.53. The van der Waals surface area contributed by atoms with Crippen LogP contribution in [0.4, 0.5) is 5.69 Å². The van der Waals surface area contributed by atoms with Crippen molar-refractivity contribution in [3.63, 3.8) is 0 Å². The number of piperidine rings is 1. The highest BCUT2D eigenvalue weighted by Crippen LogP contribution is 2.33. The van der Waals surface area contributed by atoms with E-state index in [1.54, 1.807) is 7.11 Å². The van der Waals surface area contributed by atoms with Crippen LogP contribution in [0.25, 0.3) is 0 Å². The molecule has 0 amide bonds. The van der Waals surface area contributed by atoms with E-state index in [4.69, 9.17) is 4.74 Å². The number of benzene rings is 1. The van der Waals surface area contributed by atoms with E-state index < -0.39 is 0 Å². The van der Waals surface area contributed by atoms with Crippen molar-refractivity contribution >= 4 is 21.6 Å². The van der Waals surface area contributed by atoms with Crippen LogP contribution >= 0.6 is 15.9 Å². The number of nitrogens with zero attached hydrogens (tertiary/aromatic N) is 1. The van der Waals surface area contributed by atoms with E-state index in [-0.39, 0.29) is 0 Å². The number of rotatable bonds is 5. The molecule has 1 N–H and O–H groups in total. The summed E-state index contributed by atoms with van der Waals surface area (Å²) < 4.78 is 6.58. The zero-order valence-corrected chi connectivity index (χ0v) is 15.2. The van der Waals surface area contributed by atoms with E-state index in [1.165, 1.54) is 38.0 Å². The zero-order chi connectivity index (χ0) is 15.4. The monoisotopic (exact) mass is 354 g/mol. The standard InChI is InChI=1S/C17H27BrN2O/c1-12(2)11-20-7-5-15(6-8-20)19-17-13(3)9-14(18)10-16(17)21-4/h9-10,12,15,19H,5-8,11H2,1-4H3. The van der Waals surface area contributed by atoms with Gasteiger partial charge >= 0.3 is 0 Å². The highest BCUT2D eigenvalue weighted by molar-refractivity contribution is 9.10. The molecule has 0 unspecified atom stereocenters. The van der Waals surface area contributed by atoms with Crippen molar-refractivity contribution in [3.05, 3.63) is 22.2 Å². The van der Waals surface area contributed by atoms with E-state index in [9.17, 15) is 0 Å². The van der Waals surface area contributed by atoms with E-state index in [1.807, 2.05) is 6.07 Å². The molecule has 1 aromatic rings. The van der Waals surface area contributed by atoms with Crippen molar-refractivity contribution in [2.45, 2.75) is 39.7 Å². The summed E-state index contributed by atoms with van der Waals surface area (Å²) in [5, 5.41) is 3.70. The molecule has 0 saturated carbocycles. The minimum atomic E-state index is 0.544. The molecule has 2 rings (SSSR count). The first-order chi connectivity index (χ1) is 9.99. The van der Waals surface area contributed by atoms with Crippen LogP contribution in [0, 0.1) is 12.8 Å². The van der Waals surface area contributed by atoms with E-state index in [0.717, 1.165) is 21.8 Å². The Hall–Kier alpha value is -0.740. The summed E-state index contributed by atoms with van der Waals surface area (Å²) in [6.07, 6.45) is 2.40. The second kappa shape index (κ2) is 7.50. The number of likely N-dealkylation sites (tertiary alicyclic amines) is 1. The van der Waals surface area contributed by atoms with Crippen LogP contribution in [0.1, 0.15) is 32.3 Å². The lowest BCUT2D eigenvalue weighted by atomic mass is 10.0. The minimum Gasteiger partial charge on any atom is -0.495 e. The van der Waals surface area contributed by atoms with Crippen LogP contribution < -0.4 is 10.1 Å². The van der Waals surface area contributed by atoms with Gasteiger partial charge in [0.1, 0.15) is 5.75 Å². The highest BCUT2D eigenvalue weighted by atomic mass is 79.9. The maximum atomic E-state index is 5.52. The molecule has 21 heavy (non-hydrogen) atoms. The second-order valence-corrected chi connectivity index (χ2v) is 7.33. The molecule has 0 bridgehead atoms. The molecule has 3 nitrogen and oxygen atoms in total. The van der Waals surface area contributed by atoms with Gasteiger partial charge in [-0.3, -0.25) is 0 Å². The topological polar surface area (TPSA) is 24.5 Å². The van der Waals surface area contributed by atoms with Crippen LogP contribution in [0.3, 0.4) is 0 Å². The SMILES string of the molecule is COc1cc(Br)cc(C)c1NC1CCN(CC(C)C)CC1. The summed E-state index contributed by atoms with van der Waals surface area (Å²) in [5.74, 6) is 1.68. The molecule has 1 aliphatic heterocycles. The van der Waals surface area contributed by atoms with Gasteiger partial charge in [-0.15, -0.1) is 0 Å². The number of methoxy groups -OCH3 is 1. The third kappa shape index (κ3) is 4.62. The summed E-state index contributed by atoms with van der Waals surface area (Å²) in [6.45, 7) is 10.3. The lowest BCUT2D eigenvalue weighted by Crippen LogP contribution is -2.40. The van der Waals surface area contributed by atoms with Gasteiger partial charge in [-0.2, -0.15) is 0 Å². The molecule has 0 atom stereocenters. The molecular weight excluding hydrogens is 328 g/mol. The Balaban J connectivity index is 1.98. The molecule has 1 fully saturated rings. The van der Waals surface area contributed by atoms with Gasteiger partial charge in [0, 0.05) is 30.1 Å². The Morgan fingerprint density at radius 3 is 2.57 bits per heavy atom. The number of hydrogen-bond acceptors (Lipinski definition) is 3. The fourth-order valence-electron chi connectivity index (χ4n) is 3.04. The Kier molecular flexibility index (Phi) is 5.94. The second-order valence-electron chi connectivity index (χ2n) is 6.41. The summed E-state index contributed by atoms with van der Waals surface area (Å²) in [6, 6.07) is 4.71. The van der Waals surface area contributed by atoms with Gasteiger partial charge < -0.3 is 15.0 Å². The van der Waals surface area contributed by atoms with Gasteiger partial charge in [0.2, 0.25) is 0 Å². The Morgan fingerprint density at radius 1 is 1.33 bits per heavy atom. The quantitative estimate of drug-likeness (QED) is 0.852. The summed E-state index contributed by atoms with van der Waals surface area (Å²) in [4.78, 5) is 2.58. The van der Waals surface area contributed by atoms with Crippen LogP contribution in [0.2, 0.25) is 0 Å². The van der Waals surface area contributed by atoms with Crippen LogP contribution in [-0.4, -0.2) is 37.7 Å². The van der Waals surface area contributed by atoms with Crippen molar-refractivity contribution < 1.29 is 4.74 Å². The number of hydrogen-bond donors (Lipinski definition) is 1. The van der Waals surface area contributed by atoms with E-state index in [0.29, 0.717) is 6.04 Å². The summed E-state index contributed by atoms with van der Waals surface area (Å²) in [5.41, 5.74) is 2.37. The maximum absolute atomic E-state index is 5.52. The van der Waals surface area contributed by atoms with Gasteiger partial charge in [0.15, 0.2) is 0 Å². The highest BCUT2D eigenvalue weighted by Gasteiger charge is 2.21. The first-order valence-electron chi connectivity index (χ1n) is 7.82. The first kappa shape index (κ1) is 16.6. The van der Waals surface area contributed by atoms with Crippen LogP contribution in [0.15, 0.2) is 16.6 Å². The first-order valence-corrected chi connectivity index (χ1v) is 8.62. The molecule has 4 heteroatoms. The predicted octanol–water partition coefficient (Wildman–Crippen LogP) is 4.30. The number of halogens is 1. The molecule has 1 saturated heterocycles. The minimum absolute atomic E-state index is 0.544. The maximum Gasteiger partial charge on any atom is 0.143 e. The summed E-state index contributed by atoms with van der Waals surface area (Å²) in [7, 11) is 1.73. The van der Waals surface area contributed by atoms with Crippen molar-refractivity contribution in [1.29, 1.82) is 0 Å². The fourth-order valence-corrected chi connectivity index (χ4v) is 3.59. The molecule has 1 aromatic carbocycles. The van der Waals surface area contributed by atoms with Crippen molar-refractivity contribution in [3.8, 4) is 5.75 Å². The van der Waals surface area contributed by atoms with Gasteiger partial charge in [-0.25, -0.2) is 0 Å². The number of aryl methyl sites for hydroxylation is 1. The Bertz CT molecular complexity index is 468. The van der Waals surface area contributed by atoms with Crippen molar-refractivity contribution in [2.24, 2.45) is 5.92 Å². The van der Waals surface area contributed by atoms with Crippen LogP contribution in [0.5, 0.6) is 5.75 Å².